The summed E-state index contributed by atoms with van der Waals surface area (Å²) in [6.07, 6.45) is -3.32. The van der Waals surface area contributed by atoms with Gasteiger partial charge in [-0.05, 0) is 42.3 Å². The van der Waals surface area contributed by atoms with Crippen LogP contribution in [0.1, 0.15) is 23.5 Å². The summed E-state index contributed by atoms with van der Waals surface area (Å²) in [7, 11) is 2.07. The van der Waals surface area contributed by atoms with E-state index >= 15 is 0 Å². The first-order valence-electron chi connectivity index (χ1n) is 10.3. The van der Waals surface area contributed by atoms with Crippen LogP contribution in [0.15, 0.2) is 48.5 Å². The van der Waals surface area contributed by atoms with Gasteiger partial charge in [-0.2, -0.15) is 13.2 Å². The summed E-state index contributed by atoms with van der Waals surface area (Å²) in [5.41, 5.74) is 2.21. The Morgan fingerprint density at radius 3 is 2.00 bits per heavy atom. The third kappa shape index (κ3) is 6.38. The molecule has 1 amide bonds. The minimum absolute atomic E-state index is 0. The van der Waals surface area contributed by atoms with Gasteiger partial charge in [0.2, 0.25) is 5.91 Å². The van der Waals surface area contributed by atoms with Gasteiger partial charge in [-0.3, -0.25) is 4.79 Å². The second-order valence-corrected chi connectivity index (χ2v) is 8.21. The van der Waals surface area contributed by atoms with E-state index in [2.05, 4.69) is 17.3 Å². The Hall–Kier alpha value is -1.80. The van der Waals surface area contributed by atoms with Crippen LogP contribution in [0.2, 0.25) is 0 Å². The van der Waals surface area contributed by atoms with E-state index in [1.165, 1.54) is 17.7 Å². The second-order valence-electron chi connectivity index (χ2n) is 8.21. The Balaban J connectivity index is 0.00000181. The molecule has 1 saturated heterocycles. The fraction of sp³-hybridized carbons (Fsp3) is 0.435. The van der Waals surface area contributed by atoms with Crippen molar-refractivity contribution < 1.29 is 18.0 Å². The zero-order chi connectivity index (χ0) is 21.3. The molecule has 2 aliphatic rings. The van der Waals surface area contributed by atoms with E-state index in [1.807, 2.05) is 29.2 Å². The van der Waals surface area contributed by atoms with Gasteiger partial charge in [-0.15, -0.1) is 24.8 Å². The number of carbonyl (C=O) groups is 1. The van der Waals surface area contributed by atoms with Gasteiger partial charge in [-0.1, -0.05) is 36.4 Å². The van der Waals surface area contributed by atoms with Crippen LogP contribution in [0.25, 0.3) is 11.1 Å². The van der Waals surface area contributed by atoms with Crippen LogP contribution in [-0.2, 0) is 11.0 Å². The van der Waals surface area contributed by atoms with E-state index in [4.69, 9.17) is 0 Å². The highest BCUT2D eigenvalue weighted by atomic mass is 35.5. The highest BCUT2D eigenvalue weighted by Crippen LogP contribution is 2.41. The largest absolute Gasteiger partial charge is 0.416 e. The van der Waals surface area contributed by atoms with Crippen molar-refractivity contribution >= 4 is 30.7 Å². The molecule has 0 radical (unpaired) electrons. The third-order valence-corrected chi connectivity index (χ3v) is 6.05. The van der Waals surface area contributed by atoms with Gasteiger partial charge in [0, 0.05) is 38.1 Å². The quantitative estimate of drug-likeness (QED) is 0.674. The molecule has 2 fully saturated rings. The van der Waals surface area contributed by atoms with Gasteiger partial charge >= 0.3 is 6.18 Å². The van der Waals surface area contributed by atoms with E-state index in [-0.39, 0.29) is 30.7 Å². The normalized spacial score (nSPS) is 20.8. The molecular weight excluding hydrogens is 462 g/mol. The molecule has 176 valence electrons. The van der Waals surface area contributed by atoms with E-state index in [9.17, 15) is 18.0 Å². The molecule has 4 nitrogen and oxygen atoms in total. The molecule has 1 aliphatic carbocycles. The van der Waals surface area contributed by atoms with Gasteiger partial charge in [-0.25, -0.2) is 0 Å². The molecule has 1 N–H and O–H groups in total. The number of piperazine rings is 1. The van der Waals surface area contributed by atoms with Gasteiger partial charge < -0.3 is 15.1 Å². The lowest BCUT2D eigenvalue weighted by atomic mass is 10.0. The first kappa shape index (κ1) is 26.5. The lowest BCUT2D eigenvalue weighted by Crippen LogP contribution is -2.49. The number of rotatable bonds is 5. The Bertz CT molecular complexity index is 883. The Kier molecular flexibility index (Phi) is 8.99. The summed E-state index contributed by atoms with van der Waals surface area (Å²) in [4.78, 5) is 16.5. The molecule has 9 heteroatoms. The molecular formula is C23H28Cl2F3N3O. The van der Waals surface area contributed by atoms with E-state index in [0.29, 0.717) is 18.5 Å². The van der Waals surface area contributed by atoms with Gasteiger partial charge in [0.15, 0.2) is 0 Å². The minimum atomic E-state index is -4.32. The summed E-state index contributed by atoms with van der Waals surface area (Å²) in [5, 5.41) is 3.37. The number of carbonyl (C=O) groups excluding carboxylic acids is 1. The molecule has 1 heterocycles. The number of hydrogen-bond acceptors (Lipinski definition) is 3. The van der Waals surface area contributed by atoms with Crippen molar-refractivity contribution in [3.8, 4) is 11.1 Å². The molecule has 32 heavy (non-hydrogen) atoms. The molecule has 1 saturated carbocycles. The van der Waals surface area contributed by atoms with Crippen molar-refractivity contribution in [3.63, 3.8) is 0 Å². The number of amides is 1. The maximum atomic E-state index is 12.7. The van der Waals surface area contributed by atoms with Crippen molar-refractivity contribution in [2.45, 2.75) is 24.6 Å². The first-order valence-corrected chi connectivity index (χ1v) is 10.3. The number of hydrogen-bond donors (Lipinski definition) is 1. The molecule has 4 rings (SSSR count). The average Bonchev–Trinajstić information content (AvgIpc) is 3.52. The van der Waals surface area contributed by atoms with Crippen molar-refractivity contribution in [1.82, 2.24) is 15.1 Å². The Morgan fingerprint density at radius 2 is 1.47 bits per heavy atom. The van der Waals surface area contributed by atoms with Crippen LogP contribution in [0.5, 0.6) is 0 Å². The fourth-order valence-corrected chi connectivity index (χ4v) is 3.95. The lowest BCUT2D eigenvalue weighted by molar-refractivity contribution is -0.137. The molecule has 2 aromatic carbocycles. The summed E-state index contributed by atoms with van der Waals surface area (Å²) < 4.78 is 38.1. The Labute approximate surface area is 199 Å². The zero-order valence-corrected chi connectivity index (χ0v) is 19.4. The average molecular weight is 490 g/mol. The summed E-state index contributed by atoms with van der Waals surface area (Å²) >= 11 is 0. The number of benzene rings is 2. The molecule has 1 aliphatic heterocycles. The molecule has 2 aromatic rings. The topological polar surface area (TPSA) is 35.6 Å². The van der Waals surface area contributed by atoms with Crippen LogP contribution >= 0.6 is 24.8 Å². The summed E-state index contributed by atoms with van der Waals surface area (Å²) in [5.74, 6) is 0.540. The fourth-order valence-electron chi connectivity index (χ4n) is 3.95. The molecule has 0 bridgehead atoms. The number of alkyl halides is 3. The summed E-state index contributed by atoms with van der Waals surface area (Å²) in [6, 6.07) is 13.5. The van der Waals surface area contributed by atoms with Crippen LogP contribution in [-0.4, -0.2) is 61.5 Å². The maximum absolute atomic E-state index is 12.7. The van der Waals surface area contributed by atoms with Crippen molar-refractivity contribution in [2.75, 3.05) is 39.8 Å². The number of nitrogens with zero attached hydrogens (tertiary/aromatic N) is 2. The highest BCUT2D eigenvalue weighted by Gasteiger charge is 2.38. The smallest absolute Gasteiger partial charge is 0.339 e. The predicted octanol–water partition coefficient (Wildman–Crippen LogP) is 4.44. The number of likely N-dealkylation sites (N-methyl/N-ethyl adjacent to an activating group) is 1. The molecule has 0 aromatic heterocycles. The number of halogens is 5. The van der Waals surface area contributed by atoms with Crippen LogP contribution in [0, 0.1) is 0 Å². The van der Waals surface area contributed by atoms with Gasteiger partial charge in [0.25, 0.3) is 0 Å². The summed E-state index contributed by atoms with van der Waals surface area (Å²) in [6.45, 7) is 3.79. The van der Waals surface area contributed by atoms with Crippen molar-refractivity contribution in [2.24, 2.45) is 0 Å². The van der Waals surface area contributed by atoms with Gasteiger partial charge in [0.05, 0.1) is 12.1 Å². The third-order valence-electron chi connectivity index (χ3n) is 6.05. The van der Waals surface area contributed by atoms with Gasteiger partial charge in [0.1, 0.15) is 0 Å². The maximum Gasteiger partial charge on any atom is 0.416 e. The SMILES string of the molecule is CN1CCN(C(=O)CN[C@@H]2C[C@H]2c2ccc(-c3ccc(C(F)(F)F)cc3)cc2)CC1.Cl.Cl. The predicted molar refractivity (Wildman–Crippen MR) is 125 cm³/mol. The monoisotopic (exact) mass is 489 g/mol. The van der Waals surface area contributed by atoms with Crippen molar-refractivity contribution in [1.29, 1.82) is 0 Å². The number of nitrogens with one attached hydrogen (secondary N) is 1. The zero-order valence-electron chi connectivity index (χ0n) is 17.8. The highest BCUT2D eigenvalue weighted by molar-refractivity contribution is 5.85. The van der Waals surface area contributed by atoms with Crippen LogP contribution in [0.4, 0.5) is 13.2 Å². The molecule has 0 unspecified atom stereocenters. The minimum Gasteiger partial charge on any atom is -0.339 e. The van der Waals surface area contributed by atoms with E-state index in [0.717, 1.165) is 55.9 Å². The van der Waals surface area contributed by atoms with Crippen molar-refractivity contribution in [3.05, 3.63) is 59.7 Å². The lowest BCUT2D eigenvalue weighted by Gasteiger charge is -2.32. The standard InChI is InChI=1S/C23H26F3N3O.2ClH/c1-28-10-12-29(13-11-28)22(30)15-27-21-14-20(21)18-4-2-16(3-5-18)17-6-8-19(9-7-17)23(24,25)26;;/h2-9,20-21,27H,10-15H2,1H3;2*1H/t20-,21+;;/m0../s1. The van der Waals surface area contributed by atoms with E-state index < -0.39 is 11.7 Å². The Morgan fingerprint density at radius 1 is 0.938 bits per heavy atom. The van der Waals surface area contributed by atoms with Crippen LogP contribution in [0.3, 0.4) is 0 Å². The second kappa shape index (κ2) is 10.9. The molecule has 0 spiro atoms. The molecule has 2 atom stereocenters. The first-order chi connectivity index (χ1) is 14.3. The van der Waals surface area contributed by atoms with E-state index in [1.54, 1.807) is 0 Å². The van der Waals surface area contributed by atoms with Crippen LogP contribution < -0.4 is 5.32 Å².